The summed E-state index contributed by atoms with van der Waals surface area (Å²) in [5.74, 6) is -0.598. The van der Waals surface area contributed by atoms with E-state index in [4.69, 9.17) is 9.72 Å². The molecule has 0 radical (unpaired) electrons. The standard InChI is InChI=1S/C25H23FN2O2/c1-25(2,3)30-23(29)16-28-15-21(18-7-5-4-6-8-18)24-22(28)13-19(14-27-24)17-9-11-20(26)12-10-17/h4-15H,16H2,1-3H3. The molecule has 0 bridgehead atoms. The second-order valence-electron chi connectivity index (χ2n) is 8.22. The van der Waals surface area contributed by atoms with Crippen LogP contribution in [0.2, 0.25) is 0 Å². The topological polar surface area (TPSA) is 44.1 Å². The third kappa shape index (κ3) is 4.25. The first kappa shape index (κ1) is 19.8. The zero-order valence-electron chi connectivity index (χ0n) is 17.2. The van der Waals surface area contributed by atoms with Crippen molar-refractivity contribution in [1.29, 1.82) is 0 Å². The van der Waals surface area contributed by atoms with Crippen LogP contribution in [0.4, 0.5) is 4.39 Å². The molecule has 0 aliphatic heterocycles. The zero-order valence-corrected chi connectivity index (χ0v) is 17.2. The maximum Gasteiger partial charge on any atom is 0.326 e. The Bertz CT molecular complexity index is 1190. The summed E-state index contributed by atoms with van der Waals surface area (Å²) in [5.41, 5.74) is 4.74. The van der Waals surface area contributed by atoms with Gasteiger partial charge in [-0.2, -0.15) is 0 Å². The SMILES string of the molecule is CC(C)(C)OC(=O)Cn1cc(-c2ccccc2)c2ncc(-c3ccc(F)cc3)cc21. The molecule has 0 unspecified atom stereocenters. The Kier molecular flexibility index (Phi) is 5.12. The first-order valence-corrected chi connectivity index (χ1v) is 9.82. The van der Waals surface area contributed by atoms with Crippen molar-refractivity contribution in [2.24, 2.45) is 0 Å². The molecule has 0 saturated heterocycles. The lowest BCUT2D eigenvalue weighted by molar-refractivity contribution is -0.155. The number of esters is 1. The maximum atomic E-state index is 13.3. The molecule has 30 heavy (non-hydrogen) atoms. The Morgan fingerprint density at radius 1 is 1.00 bits per heavy atom. The number of fused-ring (bicyclic) bond motifs is 1. The van der Waals surface area contributed by atoms with Crippen LogP contribution < -0.4 is 0 Å². The number of rotatable bonds is 4. The summed E-state index contributed by atoms with van der Waals surface area (Å²) in [6, 6.07) is 18.2. The fraction of sp³-hybridized carbons (Fsp3) is 0.200. The lowest BCUT2D eigenvalue weighted by atomic mass is 10.1. The molecular formula is C25H23FN2O2. The minimum atomic E-state index is -0.556. The normalized spacial score (nSPS) is 11.6. The number of carbonyl (C=O) groups excluding carboxylic acids is 1. The summed E-state index contributed by atoms with van der Waals surface area (Å²) >= 11 is 0. The lowest BCUT2D eigenvalue weighted by Gasteiger charge is -2.19. The van der Waals surface area contributed by atoms with Gasteiger partial charge >= 0.3 is 5.97 Å². The van der Waals surface area contributed by atoms with E-state index < -0.39 is 5.60 Å². The van der Waals surface area contributed by atoms with Crippen LogP contribution in [0.3, 0.4) is 0 Å². The van der Waals surface area contributed by atoms with Crippen molar-refractivity contribution in [2.45, 2.75) is 32.9 Å². The van der Waals surface area contributed by atoms with Gasteiger partial charge in [-0.1, -0.05) is 42.5 Å². The Morgan fingerprint density at radius 3 is 2.37 bits per heavy atom. The molecule has 5 heteroatoms. The largest absolute Gasteiger partial charge is 0.459 e. The van der Waals surface area contributed by atoms with Gasteiger partial charge < -0.3 is 9.30 Å². The van der Waals surface area contributed by atoms with Crippen LogP contribution in [0.1, 0.15) is 20.8 Å². The molecule has 2 heterocycles. The van der Waals surface area contributed by atoms with Gasteiger partial charge in [-0.05, 0) is 50.1 Å². The van der Waals surface area contributed by atoms with E-state index in [1.807, 2.05) is 67.9 Å². The Balaban J connectivity index is 1.82. The van der Waals surface area contributed by atoms with Crippen molar-refractivity contribution in [2.75, 3.05) is 0 Å². The van der Waals surface area contributed by atoms with E-state index in [0.717, 1.165) is 33.3 Å². The first-order chi connectivity index (χ1) is 14.3. The van der Waals surface area contributed by atoms with E-state index in [1.165, 1.54) is 12.1 Å². The van der Waals surface area contributed by atoms with E-state index in [-0.39, 0.29) is 18.3 Å². The molecule has 0 spiro atoms. The highest BCUT2D eigenvalue weighted by Crippen LogP contribution is 2.32. The van der Waals surface area contributed by atoms with E-state index in [9.17, 15) is 9.18 Å². The molecule has 0 aliphatic carbocycles. The summed E-state index contributed by atoms with van der Waals surface area (Å²) in [7, 11) is 0. The van der Waals surface area contributed by atoms with Gasteiger partial charge in [0.15, 0.2) is 0 Å². The third-order valence-corrected chi connectivity index (χ3v) is 4.70. The highest BCUT2D eigenvalue weighted by atomic mass is 19.1. The van der Waals surface area contributed by atoms with Crippen molar-refractivity contribution in [3.63, 3.8) is 0 Å². The van der Waals surface area contributed by atoms with Crippen LogP contribution >= 0.6 is 0 Å². The number of halogens is 1. The molecule has 2 aromatic heterocycles. The van der Waals surface area contributed by atoms with Gasteiger partial charge in [0, 0.05) is 23.5 Å². The summed E-state index contributed by atoms with van der Waals surface area (Å²) < 4.78 is 20.7. The predicted octanol–water partition coefficient (Wildman–Crippen LogP) is 5.85. The number of carbonyl (C=O) groups is 1. The van der Waals surface area contributed by atoms with Gasteiger partial charge in [0.25, 0.3) is 0 Å². The molecule has 0 atom stereocenters. The minimum Gasteiger partial charge on any atom is -0.459 e. The van der Waals surface area contributed by atoms with Gasteiger partial charge in [0.05, 0.1) is 11.0 Å². The maximum absolute atomic E-state index is 13.3. The summed E-state index contributed by atoms with van der Waals surface area (Å²) in [5, 5.41) is 0. The van der Waals surface area contributed by atoms with Crippen molar-refractivity contribution in [3.8, 4) is 22.3 Å². The van der Waals surface area contributed by atoms with Crippen LogP contribution in [-0.4, -0.2) is 21.1 Å². The fourth-order valence-electron chi connectivity index (χ4n) is 3.44. The van der Waals surface area contributed by atoms with E-state index in [1.54, 1.807) is 18.3 Å². The number of pyridine rings is 1. The Morgan fingerprint density at radius 2 is 1.70 bits per heavy atom. The second-order valence-corrected chi connectivity index (χ2v) is 8.22. The van der Waals surface area contributed by atoms with E-state index >= 15 is 0 Å². The van der Waals surface area contributed by atoms with Crippen LogP contribution in [0.25, 0.3) is 33.3 Å². The summed E-state index contributed by atoms with van der Waals surface area (Å²) in [4.78, 5) is 17.2. The molecule has 152 valence electrons. The van der Waals surface area contributed by atoms with Gasteiger partial charge in [0.2, 0.25) is 0 Å². The number of nitrogens with zero attached hydrogens (tertiary/aromatic N) is 2. The van der Waals surface area contributed by atoms with Crippen molar-refractivity contribution >= 4 is 17.0 Å². The molecule has 0 N–H and O–H groups in total. The predicted molar refractivity (Wildman–Crippen MR) is 116 cm³/mol. The summed E-state index contributed by atoms with van der Waals surface area (Å²) in [6.07, 6.45) is 3.71. The summed E-state index contributed by atoms with van der Waals surface area (Å²) in [6.45, 7) is 5.63. The van der Waals surface area contributed by atoms with Crippen molar-refractivity contribution in [1.82, 2.24) is 9.55 Å². The molecule has 2 aromatic carbocycles. The number of hydrogen-bond donors (Lipinski definition) is 0. The Hall–Kier alpha value is -3.47. The number of ether oxygens (including phenoxy) is 1. The lowest BCUT2D eigenvalue weighted by Crippen LogP contribution is -2.26. The van der Waals surface area contributed by atoms with Crippen molar-refractivity contribution < 1.29 is 13.9 Å². The van der Waals surface area contributed by atoms with Gasteiger partial charge in [-0.25, -0.2) is 4.39 Å². The minimum absolute atomic E-state index is 0.0785. The van der Waals surface area contributed by atoms with Gasteiger partial charge in [-0.3, -0.25) is 9.78 Å². The zero-order chi connectivity index (χ0) is 21.3. The fourth-order valence-corrected chi connectivity index (χ4v) is 3.44. The van der Waals surface area contributed by atoms with Crippen LogP contribution in [0.15, 0.2) is 73.1 Å². The van der Waals surface area contributed by atoms with Crippen LogP contribution in [0, 0.1) is 5.82 Å². The van der Waals surface area contributed by atoms with Crippen LogP contribution in [-0.2, 0) is 16.1 Å². The van der Waals surface area contributed by atoms with E-state index in [2.05, 4.69) is 0 Å². The third-order valence-electron chi connectivity index (χ3n) is 4.70. The molecule has 4 rings (SSSR count). The van der Waals surface area contributed by atoms with Gasteiger partial charge in [0.1, 0.15) is 18.0 Å². The number of hydrogen-bond acceptors (Lipinski definition) is 3. The first-order valence-electron chi connectivity index (χ1n) is 9.82. The molecule has 0 amide bonds. The quantitative estimate of drug-likeness (QED) is 0.402. The molecule has 4 nitrogen and oxygen atoms in total. The molecule has 4 aromatic rings. The average molecular weight is 402 g/mol. The van der Waals surface area contributed by atoms with Crippen molar-refractivity contribution in [3.05, 3.63) is 78.9 Å². The molecule has 0 saturated carbocycles. The molecule has 0 fully saturated rings. The van der Waals surface area contributed by atoms with Gasteiger partial charge in [-0.15, -0.1) is 0 Å². The molecule has 0 aliphatic rings. The van der Waals surface area contributed by atoms with Crippen LogP contribution in [0.5, 0.6) is 0 Å². The Labute approximate surface area is 174 Å². The number of aromatic nitrogens is 2. The number of benzene rings is 2. The van der Waals surface area contributed by atoms with E-state index in [0.29, 0.717) is 0 Å². The second kappa shape index (κ2) is 7.75. The average Bonchev–Trinajstić information content (AvgIpc) is 3.05. The monoisotopic (exact) mass is 402 g/mol. The highest BCUT2D eigenvalue weighted by molar-refractivity contribution is 5.95. The highest BCUT2D eigenvalue weighted by Gasteiger charge is 2.19. The molecular weight excluding hydrogens is 379 g/mol. The smallest absolute Gasteiger partial charge is 0.326 e.